The summed E-state index contributed by atoms with van der Waals surface area (Å²) in [4.78, 5) is 19.4. The van der Waals surface area contributed by atoms with Gasteiger partial charge in [0.1, 0.15) is 5.82 Å². The third-order valence-electron chi connectivity index (χ3n) is 3.13. The van der Waals surface area contributed by atoms with Gasteiger partial charge in [-0.15, -0.1) is 0 Å². The second-order valence-electron chi connectivity index (χ2n) is 4.40. The topological polar surface area (TPSA) is 57.8 Å². The van der Waals surface area contributed by atoms with Gasteiger partial charge in [0.2, 0.25) is 0 Å². The zero-order valence-electron chi connectivity index (χ0n) is 9.96. The van der Waals surface area contributed by atoms with Crippen LogP contribution in [0.1, 0.15) is 11.3 Å². The predicted molar refractivity (Wildman–Crippen MR) is 78.4 cm³/mol. The molecule has 0 fully saturated rings. The van der Waals surface area contributed by atoms with Gasteiger partial charge in [-0.1, -0.05) is 11.6 Å². The van der Waals surface area contributed by atoms with E-state index in [1.54, 1.807) is 6.07 Å². The molecule has 0 saturated heterocycles. The van der Waals surface area contributed by atoms with E-state index in [0.717, 1.165) is 34.3 Å². The molecule has 0 bridgehead atoms. The van der Waals surface area contributed by atoms with Crippen molar-refractivity contribution >= 4 is 27.5 Å². The number of rotatable bonds is 1. The summed E-state index contributed by atoms with van der Waals surface area (Å²) >= 11 is 9.34. The maximum Gasteiger partial charge on any atom is 0.255 e. The SMILES string of the molecule is O=c1[nH]c(-c2ccc(Cl)c(Br)c2)nc2c1CNCC2. The first-order chi connectivity index (χ1) is 9.15. The first-order valence-corrected chi connectivity index (χ1v) is 7.10. The molecule has 6 heteroatoms. The van der Waals surface area contributed by atoms with Gasteiger partial charge in [-0.3, -0.25) is 4.79 Å². The van der Waals surface area contributed by atoms with Gasteiger partial charge in [-0.2, -0.15) is 0 Å². The van der Waals surface area contributed by atoms with Crippen LogP contribution >= 0.6 is 27.5 Å². The van der Waals surface area contributed by atoms with E-state index in [4.69, 9.17) is 11.6 Å². The molecule has 2 aromatic rings. The zero-order valence-corrected chi connectivity index (χ0v) is 12.3. The lowest BCUT2D eigenvalue weighted by molar-refractivity contribution is 0.621. The molecule has 0 amide bonds. The quantitative estimate of drug-likeness (QED) is 0.838. The lowest BCUT2D eigenvalue weighted by Crippen LogP contribution is -2.31. The van der Waals surface area contributed by atoms with Crippen molar-refractivity contribution in [1.82, 2.24) is 15.3 Å². The maximum atomic E-state index is 12.0. The minimum atomic E-state index is -0.0710. The van der Waals surface area contributed by atoms with Crippen LogP contribution in [0.2, 0.25) is 5.02 Å². The molecule has 98 valence electrons. The number of aromatic nitrogens is 2. The van der Waals surface area contributed by atoms with Gasteiger partial charge in [0.25, 0.3) is 5.56 Å². The van der Waals surface area contributed by atoms with Crippen molar-refractivity contribution in [2.75, 3.05) is 6.54 Å². The number of H-pyrrole nitrogens is 1. The minimum Gasteiger partial charge on any atom is -0.312 e. The highest BCUT2D eigenvalue weighted by Crippen LogP contribution is 2.27. The predicted octanol–water partition coefficient (Wildman–Crippen LogP) is 2.50. The lowest BCUT2D eigenvalue weighted by atomic mass is 10.1. The molecule has 2 heterocycles. The van der Waals surface area contributed by atoms with Crippen LogP contribution in [0.15, 0.2) is 27.5 Å². The summed E-state index contributed by atoms with van der Waals surface area (Å²) < 4.78 is 0.786. The Kier molecular flexibility index (Phi) is 3.43. The zero-order chi connectivity index (χ0) is 13.4. The third kappa shape index (κ3) is 2.45. The minimum absolute atomic E-state index is 0.0710. The van der Waals surface area contributed by atoms with Crippen LogP contribution in [0.5, 0.6) is 0 Å². The molecule has 0 unspecified atom stereocenters. The summed E-state index contributed by atoms with van der Waals surface area (Å²) in [6.45, 7) is 1.44. The number of fused-ring (bicyclic) bond motifs is 1. The van der Waals surface area contributed by atoms with Crippen molar-refractivity contribution < 1.29 is 0 Å². The highest BCUT2D eigenvalue weighted by atomic mass is 79.9. The molecule has 2 N–H and O–H groups in total. The summed E-state index contributed by atoms with van der Waals surface area (Å²) in [6.07, 6.45) is 0.779. The Morgan fingerprint density at radius 3 is 3.00 bits per heavy atom. The first-order valence-electron chi connectivity index (χ1n) is 5.93. The number of halogens is 2. The monoisotopic (exact) mass is 339 g/mol. The number of benzene rings is 1. The molecule has 0 saturated carbocycles. The van der Waals surface area contributed by atoms with Gasteiger partial charge in [0.15, 0.2) is 0 Å². The maximum absolute atomic E-state index is 12.0. The van der Waals surface area contributed by atoms with Crippen LogP contribution in [0.4, 0.5) is 0 Å². The molecule has 1 aliphatic rings. The van der Waals surface area contributed by atoms with Crippen molar-refractivity contribution in [1.29, 1.82) is 0 Å². The van der Waals surface area contributed by atoms with E-state index in [1.807, 2.05) is 12.1 Å². The van der Waals surface area contributed by atoms with Gasteiger partial charge in [-0.05, 0) is 34.1 Å². The van der Waals surface area contributed by atoms with Gasteiger partial charge in [0, 0.05) is 29.5 Å². The van der Waals surface area contributed by atoms with Crippen molar-refractivity contribution in [3.05, 3.63) is 49.3 Å². The van der Waals surface area contributed by atoms with Crippen LogP contribution < -0.4 is 10.9 Å². The van der Waals surface area contributed by atoms with E-state index in [0.29, 0.717) is 17.4 Å². The van der Waals surface area contributed by atoms with E-state index < -0.39 is 0 Å². The smallest absolute Gasteiger partial charge is 0.255 e. The van der Waals surface area contributed by atoms with Crippen LogP contribution in [-0.2, 0) is 13.0 Å². The molecule has 0 spiro atoms. The molecule has 0 atom stereocenters. The number of nitrogens with one attached hydrogen (secondary N) is 2. The molecule has 4 nitrogen and oxygen atoms in total. The fourth-order valence-corrected chi connectivity index (χ4v) is 2.63. The molecule has 0 radical (unpaired) electrons. The standard InChI is InChI=1S/C13H11BrClN3O/c14-9-5-7(1-2-10(9)15)12-17-11-3-4-16-6-8(11)13(19)18-12/h1-2,5,16H,3-4,6H2,(H,17,18,19). The van der Waals surface area contributed by atoms with Crippen LogP contribution in [0, 0.1) is 0 Å². The van der Waals surface area contributed by atoms with E-state index in [2.05, 4.69) is 31.2 Å². The molecule has 1 aliphatic heterocycles. The second kappa shape index (κ2) is 5.07. The summed E-state index contributed by atoms with van der Waals surface area (Å²) in [5.74, 6) is 0.586. The van der Waals surface area contributed by atoms with Crippen molar-refractivity contribution in [2.45, 2.75) is 13.0 Å². The molecule has 0 aliphatic carbocycles. The van der Waals surface area contributed by atoms with Crippen LogP contribution in [-0.4, -0.2) is 16.5 Å². The second-order valence-corrected chi connectivity index (χ2v) is 5.66. The summed E-state index contributed by atoms with van der Waals surface area (Å²) in [5, 5.41) is 3.81. The van der Waals surface area contributed by atoms with E-state index in [9.17, 15) is 4.79 Å². The molecular weight excluding hydrogens is 330 g/mol. The molecule has 3 rings (SSSR count). The number of hydrogen-bond donors (Lipinski definition) is 2. The Labute approximate surface area is 123 Å². The lowest BCUT2D eigenvalue weighted by Gasteiger charge is -2.16. The van der Waals surface area contributed by atoms with Gasteiger partial charge in [0.05, 0.1) is 16.3 Å². The number of aromatic amines is 1. The summed E-state index contributed by atoms with van der Waals surface area (Å²) in [7, 11) is 0. The molecular formula is C13H11BrClN3O. The van der Waals surface area contributed by atoms with Crippen molar-refractivity contribution in [3.63, 3.8) is 0 Å². The largest absolute Gasteiger partial charge is 0.312 e. The normalized spacial score (nSPS) is 14.2. The summed E-state index contributed by atoms with van der Waals surface area (Å²) in [5.41, 5.74) is 2.39. The van der Waals surface area contributed by atoms with E-state index in [1.165, 1.54) is 0 Å². The number of nitrogens with zero attached hydrogens (tertiary/aromatic N) is 1. The number of hydrogen-bond acceptors (Lipinski definition) is 3. The summed E-state index contributed by atoms with van der Waals surface area (Å²) in [6, 6.07) is 5.48. The highest BCUT2D eigenvalue weighted by molar-refractivity contribution is 9.10. The van der Waals surface area contributed by atoms with Crippen LogP contribution in [0.3, 0.4) is 0 Å². The molecule has 19 heavy (non-hydrogen) atoms. The Morgan fingerprint density at radius 1 is 1.37 bits per heavy atom. The average molecular weight is 341 g/mol. The van der Waals surface area contributed by atoms with Crippen molar-refractivity contribution in [3.8, 4) is 11.4 Å². The van der Waals surface area contributed by atoms with Crippen molar-refractivity contribution in [2.24, 2.45) is 0 Å². The van der Waals surface area contributed by atoms with Gasteiger partial charge >= 0.3 is 0 Å². The van der Waals surface area contributed by atoms with Gasteiger partial charge in [-0.25, -0.2) is 4.98 Å². The molecule has 1 aromatic heterocycles. The first kappa shape index (κ1) is 12.8. The van der Waals surface area contributed by atoms with E-state index in [-0.39, 0.29) is 5.56 Å². The Balaban J connectivity index is 2.12. The molecule has 1 aromatic carbocycles. The Bertz CT molecular complexity index is 699. The highest BCUT2D eigenvalue weighted by Gasteiger charge is 2.15. The fraction of sp³-hybridized carbons (Fsp3) is 0.231. The Morgan fingerprint density at radius 2 is 2.21 bits per heavy atom. The Hall–Kier alpha value is -1.17. The van der Waals surface area contributed by atoms with E-state index >= 15 is 0 Å². The van der Waals surface area contributed by atoms with Crippen LogP contribution in [0.25, 0.3) is 11.4 Å². The third-order valence-corrected chi connectivity index (χ3v) is 4.35. The fourth-order valence-electron chi connectivity index (χ4n) is 2.13. The average Bonchev–Trinajstić information content (AvgIpc) is 2.42. The van der Waals surface area contributed by atoms with Gasteiger partial charge < -0.3 is 10.3 Å².